The number of carbonyl (C=O) groups is 1. The van der Waals surface area contributed by atoms with Crippen molar-refractivity contribution in [3.05, 3.63) is 54.1 Å². The number of hydrogen-bond acceptors (Lipinski definition) is 3. The second-order valence-electron chi connectivity index (χ2n) is 4.26. The van der Waals surface area contributed by atoms with Crippen molar-refractivity contribution in [2.24, 2.45) is 0 Å². The molecule has 2 aromatic carbocycles. The molecule has 1 amide bonds. The minimum Gasteiger partial charge on any atom is -0.385 e. The summed E-state index contributed by atoms with van der Waals surface area (Å²) in [6.45, 7) is 2.79. The van der Waals surface area contributed by atoms with Crippen molar-refractivity contribution in [1.29, 1.82) is 0 Å². The monoisotopic (exact) mass is 286 g/mol. The van der Waals surface area contributed by atoms with E-state index >= 15 is 0 Å². The highest BCUT2D eigenvalue weighted by Crippen LogP contribution is 2.20. The summed E-state index contributed by atoms with van der Waals surface area (Å²) in [5, 5.41) is 6.12. The molecule has 104 valence electrons. The Bertz CT molecular complexity index is 581. The lowest BCUT2D eigenvalue weighted by Crippen LogP contribution is -2.14. The van der Waals surface area contributed by atoms with E-state index in [9.17, 15) is 4.79 Å². The standard InChI is InChI=1S/C16H18N2OS/c1-3-17-15-7-5-4-6-14(15)16(19)18-12-8-10-13(20-2)11-9-12/h4-11,17H,3H2,1-2H3,(H,18,19). The van der Waals surface area contributed by atoms with Crippen molar-refractivity contribution in [2.75, 3.05) is 23.4 Å². The highest BCUT2D eigenvalue weighted by Gasteiger charge is 2.10. The van der Waals surface area contributed by atoms with E-state index in [1.54, 1.807) is 11.8 Å². The molecule has 0 unspecified atom stereocenters. The van der Waals surface area contributed by atoms with E-state index in [-0.39, 0.29) is 5.91 Å². The number of carbonyl (C=O) groups excluding carboxylic acids is 1. The highest BCUT2D eigenvalue weighted by atomic mass is 32.2. The number of para-hydroxylation sites is 1. The van der Waals surface area contributed by atoms with Crippen LogP contribution in [0.25, 0.3) is 0 Å². The Balaban J connectivity index is 2.15. The van der Waals surface area contributed by atoms with Crippen LogP contribution in [-0.2, 0) is 0 Å². The molecule has 3 nitrogen and oxygen atoms in total. The van der Waals surface area contributed by atoms with Crippen LogP contribution in [0.2, 0.25) is 0 Å². The Morgan fingerprint density at radius 1 is 1.10 bits per heavy atom. The zero-order valence-electron chi connectivity index (χ0n) is 11.6. The fourth-order valence-corrected chi connectivity index (χ4v) is 2.31. The van der Waals surface area contributed by atoms with Gasteiger partial charge in [0, 0.05) is 22.8 Å². The zero-order chi connectivity index (χ0) is 14.4. The molecule has 0 atom stereocenters. The van der Waals surface area contributed by atoms with Gasteiger partial charge < -0.3 is 10.6 Å². The number of amides is 1. The summed E-state index contributed by atoms with van der Waals surface area (Å²) < 4.78 is 0. The molecule has 2 N–H and O–H groups in total. The van der Waals surface area contributed by atoms with E-state index in [1.807, 2.05) is 61.7 Å². The predicted molar refractivity (Wildman–Crippen MR) is 86.8 cm³/mol. The minimum absolute atomic E-state index is 0.0987. The van der Waals surface area contributed by atoms with Crippen molar-refractivity contribution in [1.82, 2.24) is 0 Å². The van der Waals surface area contributed by atoms with Crippen molar-refractivity contribution in [2.45, 2.75) is 11.8 Å². The third-order valence-corrected chi connectivity index (χ3v) is 3.63. The van der Waals surface area contributed by atoms with Gasteiger partial charge in [0.15, 0.2) is 0 Å². The van der Waals surface area contributed by atoms with Crippen LogP contribution in [0.5, 0.6) is 0 Å². The van der Waals surface area contributed by atoms with Crippen LogP contribution < -0.4 is 10.6 Å². The van der Waals surface area contributed by atoms with Gasteiger partial charge >= 0.3 is 0 Å². The lowest BCUT2D eigenvalue weighted by atomic mass is 10.1. The first-order valence-corrected chi connectivity index (χ1v) is 7.75. The van der Waals surface area contributed by atoms with Crippen LogP contribution in [0.15, 0.2) is 53.4 Å². The van der Waals surface area contributed by atoms with Crippen LogP contribution in [0.1, 0.15) is 17.3 Å². The quantitative estimate of drug-likeness (QED) is 0.813. The molecule has 0 saturated heterocycles. The molecule has 0 aliphatic carbocycles. The topological polar surface area (TPSA) is 41.1 Å². The highest BCUT2D eigenvalue weighted by molar-refractivity contribution is 7.98. The molecule has 0 radical (unpaired) electrons. The maximum atomic E-state index is 12.3. The maximum absolute atomic E-state index is 12.3. The molecule has 0 aliphatic heterocycles. The Kier molecular flexibility index (Phi) is 5.07. The van der Waals surface area contributed by atoms with Gasteiger partial charge in [-0.2, -0.15) is 0 Å². The van der Waals surface area contributed by atoms with Crippen LogP contribution in [0.3, 0.4) is 0 Å². The maximum Gasteiger partial charge on any atom is 0.257 e. The fourth-order valence-electron chi connectivity index (χ4n) is 1.90. The van der Waals surface area contributed by atoms with Gasteiger partial charge in [-0.3, -0.25) is 4.79 Å². The van der Waals surface area contributed by atoms with Crippen LogP contribution in [-0.4, -0.2) is 18.7 Å². The van der Waals surface area contributed by atoms with E-state index < -0.39 is 0 Å². The molecule has 20 heavy (non-hydrogen) atoms. The van der Waals surface area contributed by atoms with E-state index in [0.717, 1.165) is 17.9 Å². The van der Waals surface area contributed by atoms with E-state index in [0.29, 0.717) is 5.56 Å². The number of nitrogens with one attached hydrogen (secondary N) is 2. The first-order valence-electron chi connectivity index (χ1n) is 6.53. The molecular weight excluding hydrogens is 268 g/mol. The van der Waals surface area contributed by atoms with Gasteiger partial charge in [-0.25, -0.2) is 0 Å². The predicted octanol–water partition coefficient (Wildman–Crippen LogP) is 4.09. The summed E-state index contributed by atoms with van der Waals surface area (Å²) in [5.41, 5.74) is 2.32. The smallest absolute Gasteiger partial charge is 0.257 e. The summed E-state index contributed by atoms with van der Waals surface area (Å²) in [6.07, 6.45) is 2.03. The SMILES string of the molecule is CCNc1ccccc1C(=O)Nc1ccc(SC)cc1. The van der Waals surface area contributed by atoms with E-state index in [1.165, 1.54) is 4.90 Å². The van der Waals surface area contributed by atoms with Crippen LogP contribution in [0.4, 0.5) is 11.4 Å². The molecule has 2 rings (SSSR count). The average molecular weight is 286 g/mol. The third kappa shape index (κ3) is 3.54. The summed E-state index contributed by atoms with van der Waals surface area (Å²) in [4.78, 5) is 13.5. The van der Waals surface area contributed by atoms with Crippen molar-refractivity contribution in [3.63, 3.8) is 0 Å². The number of thioether (sulfide) groups is 1. The summed E-state index contributed by atoms with van der Waals surface area (Å²) in [7, 11) is 0. The second kappa shape index (κ2) is 7.01. The molecule has 0 aliphatic rings. The third-order valence-electron chi connectivity index (χ3n) is 2.89. The van der Waals surface area contributed by atoms with Crippen molar-refractivity contribution >= 4 is 29.0 Å². The normalized spacial score (nSPS) is 10.1. The molecule has 0 aromatic heterocycles. The van der Waals surface area contributed by atoms with Gasteiger partial charge in [-0.05, 0) is 49.6 Å². The number of hydrogen-bond donors (Lipinski definition) is 2. The largest absolute Gasteiger partial charge is 0.385 e. The van der Waals surface area contributed by atoms with Gasteiger partial charge in [-0.1, -0.05) is 12.1 Å². The Morgan fingerprint density at radius 3 is 2.45 bits per heavy atom. The number of benzene rings is 2. The van der Waals surface area contributed by atoms with Crippen molar-refractivity contribution in [3.8, 4) is 0 Å². The Labute approximate surface area is 123 Å². The number of anilines is 2. The lowest BCUT2D eigenvalue weighted by molar-refractivity contribution is 0.102. The minimum atomic E-state index is -0.0987. The summed E-state index contributed by atoms with van der Waals surface area (Å²) in [6, 6.07) is 15.3. The molecule has 4 heteroatoms. The Hall–Kier alpha value is -1.94. The summed E-state index contributed by atoms with van der Waals surface area (Å²) >= 11 is 1.68. The van der Waals surface area contributed by atoms with Gasteiger partial charge in [0.1, 0.15) is 0 Å². The first kappa shape index (κ1) is 14.5. The molecule has 0 fully saturated rings. The summed E-state index contributed by atoms with van der Waals surface area (Å²) in [5.74, 6) is -0.0987. The average Bonchev–Trinajstić information content (AvgIpc) is 2.49. The van der Waals surface area contributed by atoms with E-state index in [2.05, 4.69) is 10.6 Å². The number of rotatable bonds is 5. The first-order chi connectivity index (χ1) is 9.74. The lowest BCUT2D eigenvalue weighted by Gasteiger charge is -2.11. The van der Waals surface area contributed by atoms with Crippen molar-refractivity contribution < 1.29 is 4.79 Å². The molecule has 0 heterocycles. The Morgan fingerprint density at radius 2 is 1.80 bits per heavy atom. The molecular formula is C16H18N2OS. The van der Waals surface area contributed by atoms with Gasteiger partial charge in [0.25, 0.3) is 5.91 Å². The molecule has 0 bridgehead atoms. The molecule has 2 aromatic rings. The van der Waals surface area contributed by atoms with E-state index in [4.69, 9.17) is 0 Å². The zero-order valence-corrected chi connectivity index (χ0v) is 12.5. The van der Waals surface area contributed by atoms with Gasteiger partial charge in [0.05, 0.1) is 5.56 Å². The van der Waals surface area contributed by atoms with Gasteiger partial charge in [0.2, 0.25) is 0 Å². The van der Waals surface area contributed by atoms with Gasteiger partial charge in [-0.15, -0.1) is 11.8 Å². The molecule has 0 saturated carbocycles. The fraction of sp³-hybridized carbons (Fsp3) is 0.188. The second-order valence-corrected chi connectivity index (χ2v) is 5.14. The van der Waals surface area contributed by atoms with Crippen LogP contribution in [0, 0.1) is 0 Å². The molecule has 0 spiro atoms. The van der Waals surface area contributed by atoms with Crippen LogP contribution >= 0.6 is 11.8 Å².